The summed E-state index contributed by atoms with van der Waals surface area (Å²) in [5.74, 6) is -2.65. The van der Waals surface area contributed by atoms with Crippen molar-refractivity contribution in [3.63, 3.8) is 0 Å². The van der Waals surface area contributed by atoms with Gasteiger partial charge in [-0.2, -0.15) is 13.2 Å². The van der Waals surface area contributed by atoms with Crippen LogP contribution in [0.4, 0.5) is 13.2 Å². The molecule has 1 fully saturated rings. The third-order valence-electron chi connectivity index (χ3n) is 4.25. The van der Waals surface area contributed by atoms with Gasteiger partial charge in [0.05, 0.1) is 0 Å². The van der Waals surface area contributed by atoms with Gasteiger partial charge < -0.3 is 10.0 Å². The average molecular weight is 370 g/mol. The van der Waals surface area contributed by atoms with Gasteiger partial charge in [0.1, 0.15) is 10.7 Å². The summed E-state index contributed by atoms with van der Waals surface area (Å²) in [5, 5.41) is 11.1. The number of carbonyl (C=O) groups is 2. The van der Waals surface area contributed by atoms with E-state index in [4.69, 9.17) is 5.11 Å². The minimum atomic E-state index is -4.93. The zero-order chi connectivity index (χ0) is 18.2. The molecule has 1 aliphatic rings. The number of rotatable bonds is 3. The summed E-state index contributed by atoms with van der Waals surface area (Å²) in [6, 6.07) is 9.06. The van der Waals surface area contributed by atoms with Crippen LogP contribution in [0, 0.1) is 5.41 Å². The molecule has 0 aliphatic carbocycles. The molecule has 1 amide bonds. The van der Waals surface area contributed by atoms with Crippen molar-refractivity contribution in [2.24, 2.45) is 5.41 Å². The Morgan fingerprint density at radius 1 is 1.24 bits per heavy atom. The van der Waals surface area contributed by atoms with Crippen LogP contribution in [-0.4, -0.2) is 46.1 Å². The lowest BCUT2D eigenvalue weighted by molar-refractivity contribution is -0.227. The monoisotopic (exact) mass is 370 g/mol. The molecule has 25 heavy (non-hydrogen) atoms. The third kappa shape index (κ3) is 2.99. The van der Waals surface area contributed by atoms with E-state index in [1.54, 1.807) is 0 Å². The number of aromatic nitrogens is 1. The smallest absolute Gasteiger partial charge is 0.406 e. The summed E-state index contributed by atoms with van der Waals surface area (Å²) in [6.45, 7) is -1.17. The molecule has 1 aromatic heterocycles. The van der Waals surface area contributed by atoms with E-state index in [1.807, 2.05) is 30.3 Å². The fourth-order valence-electron chi connectivity index (χ4n) is 2.76. The van der Waals surface area contributed by atoms with E-state index in [1.165, 1.54) is 16.7 Å². The molecule has 0 spiro atoms. The van der Waals surface area contributed by atoms with Gasteiger partial charge in [-0.05, 0) is 6.42 Å². The fourth-order valence-corrected chi connectivity index (χ4v) is 3.56. The number of nitrogens with zero attached hydrogens (tertiary/aromatic N) is 2. The molecule has 1 aromatic carbocycles. The predicted octanol–water partition coefficient (Wildman–Crippen LogP) is 3.29. The molecule has 1 N–H and O–H groups in total. The molecule has 0 radical (unpaired) electrons. The highest BCUT2D eigenvalue weighted by Crippen LogP contribution is 2.46. The first-order valence-corrected chi connectivity index (χ1v) is 8.23. The number of hydrogen-bond donors (Lipinski definition) is 1. The number of alkyl halides is 3. The van der Waals surface area contributed by atoms with E-state index in [-0.39, 0.29) is 12.2 Å². The average Bonchev–Trinajstić information content (AvgIpc) is 3.22. The quantitative estimate of drug-likeness (QED) is 0.900. The van der Waals surface area contributed by atoms with Crippen LogP contribution in [-0.2, 0) is 4.79 Å². The Labute approximate surface area is 144 Å². The van der Waals surface area contributed by atoms with Gasteiger partial charge in [-0.1, -0.05) is 30.3 Å². The van der Waals surface area contributed by atoms with Gasteiger partial charge in [-0.25, -0.2) is 4.98 Å². The summed E-state index contributed by atoms with van der Waals surface area (Å²) in [6.07, 6.45) is -5.58. The number of benzene rings is 1. The second kappa shape index (κ2) is 6.14. The molecule has 5 nitrogen and oxygen atoms in total. The van der Waals surface area contributed by atoms with Crippen LogP contribution in [0.1, 0.15) is 16.9 Å². The van der Waals surface area contributed by atoms with Crippen LogP contribution >= 0.6 is 11.3 Å². The van der Waals surface area contributed by atoms with Crippen molar-refractivity contribution in [3.8, 4) is 10.6 Å². The Hall–Kier alpha value is -2.42. The Bertz CT molecular complexity index is 806. The van der Waals surface area contributed by atoms with Gasteiger partial charge in [0, 0.05) is 24.0 Å². The van der Waals surface area contributed by atoms with Crippen LogP contribution in [0.2, 0.25) is 0 Å². The number of carbonyl (C=O) groups excluding carboxylic acids is 1. The molecule has 2 heterocycles. The maximum Gasteiger partial charge on any atom is 0.406 e. The molecule has 0 bridgehead atoms. The topological polar surface area (TPSA) is 70.5 Å². The van der Waals surface area contributed by atoms with Crippen LogP contribution in [0.5, 0.6) is 0 Å². The second-order valence-corrected chi connectivity index (χ2v) is 6.62. The highest BCUT2D eigenvalue weighted by molar-refractivity contribution is 7.13. The molecule has 132 valence electrons. The van der Waals surface area contributed by atoms with Gasteiger partial charge in [0.25, 0.3) is 5.91 Å². The van der Waals surface area contributed by atoms with Crippen LogP contribution in [0.15, 0.2) is 35.7 Å². The van der Waals surface area contributed by atoms with Crippen molar-refractivity contribution in [2.75, 3.05) is 13.1 Å². The third-order valence-corrected chi connectivity index (χ3v) is 5.14. The van der Waals surface area contributed by atoms with Crippen molar-refractivity contribution < 1.29 is 27.9 Å². The van der Waals surface area contributed by atoms with Crippen LogP contribution in [0.3, 0.4) is 0 Å². The number of likely N-dealkylation sites (tertiary alicyclic amines) is 1. The van der Waals surface area contributed by atoms with Crippen molar-refractivity contribution in [2.45, 2.75) is 12.6 Å². The molecule has 1 saturated heterocycles. The van der Waals surface area contributed by atoms with E-state index in [9.17, 15) is 22.8 Å². The Morgan fingerprint density at radius 2 is 1.92 bits per heavy atom. The molecule has 3 rings (SSSR count). The van der Waals surface area contributed by atoms with Crippen molar-refractivity contribution in [1.82, 2.24) is 9.88 Å². The SMILES string of the molecule is O=C(c1csc(-c2ccccc2)n1)N1CCC(C(=O)O)(C(F)(F)F)C1. The molecule has 2 aromatic rings. The highest BCUT2D eigenvalue weighted by Gasteiger charge is 2.64. The van der Waals surface area contributed by atoms with Crippen molar-refractivity contribution in [3.05, 3.63) is 41.4 Å². The summed E-state index contributed by atoms with van der Waals surface area (Å²) in [5.41, 5.74) is -2.10. The van der Waals surface area contributed by atoms with E-state index in [0.29, 0.717) is 5.01 Å². The number of carboxylic acids is 1. The molecule has 1 aliphatic heterocycles. The summed E-state index contributed by atoms with van der Waals surface area (Å²) < 4.78 is 39.6. The van der Waals surface area contributed by atoms with Gasteiger partial charge in [0.2, 0.25) is 0 Å². The van der Waals surface area contributed by atoms with Gasteiger partial charge in [-0.3, -0.25) is 9.59 Å². The fraction of sp³-hybridized carbons (Fsp3) is 0.312. The largest absolute Gasteiger partial charge is 0.481 e. The van der Waals surface area contributed by atoms with Crippen molar-refractivity contribution in [1.29, 1.82) is 0 Å². The van der Waals surface area contributed by atoms with Gasteiger partial charge in [0.15, 0.2) is 5.41 Å². The van der Waals surface area contributed by atoms with Crippen molar-refractivity contribution >= 4 is 23.2 Å². The minimum Gasteiger partial charge on any atom is -0.481 e. The molecule has 1 atom stereocenters. The number of carboxylic acid groups (broad SMARTS) is 1. The highest BCUT2D eigenvalue weighted by atomic mass is 32.1. The van der Waals surface area contributed by atoms with Crippen LogP contribution < -0.4 is 0 Å². The van der Waals surface area contributed by atoms with Gasteiger partial charge >= 0.3 is 12.1 Å². The summed E-state index contributed by atoms with van der Waals surface area (Å²) >= 11 is 1.20. The maximum absolute atomic E-state index is 13.2. The van der Waals surface area contributed by atoms with E-state index in [0.717, 1.165) is 10.5 Å². The van der Waals surface area contributed by atoms with Gasteiger partial charge in [-0.15, -0.1) is 11.3 Å². The molecule has 1 unspecified atom stereocenters. The van der Waals surface area contributed by atoms with E-state index < -0.39 is 36.4 Å². The first-order chi connectivity index (χ1) is 11.7. The lowest BCUT2D eigenvalue weighted by atomic mass is 9.86. The zero-order valence-electron chi connectivity index (χ0n) is 12.8. The Balaban J connectivity index is 1.81. The lowest BCUT2D eigenvalue weighted by Gasteiger charge is -2.27. The Morgan fingerprint density at radius 3 is 2.48 bits per heavy atom. The second-order valence-electron chi connectivity index (χ2n) is 5.77. The molecule has 9 heteroatoms. The number of halogens is 3. The predicted molar refractivity (Wildman–Crippen MR) is 84.2 cm³/mol. The maximum atomic E-state index is 13.2. The summed E-state index contributed by atoms with van der Waals surface area (Å²) in [4.78, 5) is 28.7. The molecule has 0 saturated carbocycles. The zero-order valence-corrected chi connectivity index (χ0v) is 13.6. The summed E-state index contributed by atoms with van der Waals surface area (Å²) in [7, 11) is 0. The Kier molecular flexibility index (Phi) is 4.28. The number of amides is 1. The first-order valence-electron chi connectivity index (χ1n) is 7.35. The minimum absolute atomic E-state index is 0.0206. The first kappa shape index (κ1) is 17.4. The number of thiazole rings is 1. The lowest BCUT2D eigenvalue weighted by Crippen LogP contribution is -2.47. The van der Waals surface area contributed by atoms with E-state index >= 15 is 0 Å². The number of aliphatic carboxylic acids is 1. The number of hydrogen-bond acceptors (Lipinski definition) is 4. The molecular weight excluding hydrogens is 357 g/mol. The normalized spacial score (nSPS) is 20.7. The molecular formula is C16H13F3N2O3S. The van der Waals surface area contributed by atoms with E-state index in [2.05, 4.69) is 4.98 Å². The standard InChI is InChI=1S/C16H13F3N2O3S/c17-16(18,19)15(14(23)24)6-7-21(9-15)13(22)11-8-25-12(20-11)10-4-2-1-3-5-10/h1-5,8H,6-7,9H2,(H,23,24). The van der Waals surface area contributed by atoms with Crippen LogP contribution in [0.25, 0.3) is 10.6 Å².